The summed E-state index contributed by atoms with van der Waals surface area (Å²) in [6.45, 7) is 2.90. The summed E-state index contributed by atoms with van der Waals surface area (Å²) in [5.41, 5.74) is 3.73. The summed E-state index contributed by atoms with van der Waals surface area (Å²) in [5.74, 6) is 0. The smallest absolute Gasteiger partial charge is 0.231 e. The van der Waals surface area contributed by atoms with Gasteiger partial charge < -0.3 is 15.5 Å². The van der Waals surface area contributed by atoms with Gasteiger partial charge in [0.2, 0.25) is 10.0 Å². The molecular formula is C20H26N4O2S2. The second kappa shape index (κ2) is 8.79. The van der Waals surface area contributed by atoms with Gasteiger partial charge in [0.25, 0.3) is 0 Å². The molecule has 0 saturated carbocycles. The molecule has 1 heterocycles. The zero-order valence-electron chi connectivity index (χ0n) is 16.2. The number of rotatable bonds is 6. The Bertz CT molecular complexity index is 923. The van der Waals surface area contributed by atoms with Crippen molar-refractivity contribution in [3.63, 3.8) is 0 Å². The molecule has 0 aromatic heterocycles. The molecule has 0 atom stereocenters. The Labute approximate surface area is 172 Å². The number of anilines is 3. The molecule has 0 spiro atoms. The predicted octanol–water partition coefficient (Wildman–Crippen LogP) is 3.17. The Morgan fingerprint density at radius 1 is 1.14 bits per heavy atom. The zero-order valence-corrected chi connectivity index (χ0v) is 17.8. The van der Waals surface area contributed by atoms with E-state index in [1.165, 1.54) is 36.1 Å². The number of sulfonamides is 1. The minimum Gasteiger partial charge on any atom is -0.372 e. The van der Waals surface area contributed by atoms with Crippen molar-refractivity contribution in [2.45, 2.75) is 19.4 Å². The van der Waals surface area contributed by atoms with Crippen LogP contribution in [0.5, 0.6) is 0 Å². The van der Waals surface area contributed by atoms with Gasteiger partial charge in [0.1, 0.15) is 0 Å². The topological polar surface area (TPSA) is 64.7 Å². The molecule has 2 N–H and O–H groups in total. The van der Waals surface area contributed by atoms with E-state index in [0.717, 1.165) is 24.3 Å². The number of nitrogens with one attached hydrogen (secondary N) is 2. The van der Waals surface area contributed by atoms with Crippen molar-refractivity contribution in [3.05, 3.63) is 54.1 Å². The third-order valence-corrected chi connectivity index (χ3v) is 6.28. The summed E-state index contributed by atoms with van der Waals surface area (Å²) < 4.78 is 24.6. The van der Waals surface area contributed by atoms with Crippen LogP contribution in [-0.4, -0.2) is 39.9 Å². The maximum atomic E-state index is 11.7. The molecule has 1 aliphatic heterocycles. The molecule has 8 heteroatoms. The van der Waals surface area contributed by atoms with Crippen molar-refractivity contribution in [1.29, 1.82) is 0 Å². The van der Waals surface area contributed by atoms with Crippen LogP contribution in [0.3, 0.4) is 0 Å². The van der Waals surface area contributed by atoms with Gasteiger partial charge in [-0.25, -0.2) is 8.42 Å². The monoisotopic (exact) mass is 418 g/mol. The number of benzene rings is 2. The van der Waals surface area contributed by atoms with Crippen LogP contribution in [0.4, 0.5) is 17.1 Å². The number of hydrogen-bond donors (Lipinski definition) is 2. The average Bonchev–Trinajstić information content (AvgIpc) is 3.20. The van der Waals surface area contributed by atoms with E-state index in [0.29, 0.717) is 17.3 Å². The van der Waals surface area contributed by atoms with Gasteiger partial charge in [-0.05, 0) is 61.0 Å². The van der Waals surface area contributed by atoms with E-state index in [9.17, 15) is 8.42 Å². The second-order valence-electron chi connectivity index (χ2n) is 6.95. The maximum absolute atomic E-state index is 11.7. The highest BCUT2D eigenvalue weighted by molar-refractivity contribution is 7.92. The molecule has 0 bridgehead atoms. The summed E-state index contributed by atoms with van der Waals surface area (Å²) in [5, 5.41) is 6.78. The number of thiocarbonyl (C=S) groups is 1. The number of nitrogens with zero attached hydrogens (tertiary/aromatic N) is 2. The minimum atomic E-state index is -3.30. The van der Waals surface area contributed by atoms with Gasteiger partial charge in [-0.2, -0.15) is 0 Å². The first-order chi connectivity index (χ1) is 13.3. The molecule has 0 amide bonds. The first-order valence-electron chi connectivity index (χ1n) is 9.26. The fourth-order valence-electron chi connectivity index (χ4n) is 3.13. The standard InChI is InChI=1S/C20H26N4O2S2/c1-23(28(2,25)26)19-7-5-6-17(14-19)22-20(27)21-15-16-8-10-18(11-9-16)24-12-3-4-13-24/h5-11,14H,3-4,12-13,15H2,1-2H3,(H2,21,22,27). The normalized spacial score (nSPS) is 14.0. The van der Waals surface area contributed by atoms with Gasteiger partial charge in [-0.15, -0.1) is 0 Å². The molecule has 28 heavy (non-hydrogen) atoms. The minimum absolute atomic E-state index is 0.489. The molecule has 3 rings (SSSR count). The highest BCUT2D eigenvalue weighted by Crippen LogP contribution is 2.21. The first-order valence-corrected chi connectivity index (χ1v) is 11.5. The second-order valence-corrected chi connectivity index (χ2v) is 9.37. The van der Waals surface area contributed by atoms with Gasteiger partial charge >= 0.3 is 0 Å². The van der Waals surface area contributed by atoms with E-state index in [-0.39, 0.29) is 0 Å². The summed E-state index contributed by atoms with van der Waals surface area (Å²) in [6, 6.07) is 15.7. The van der Waals surface area contributed by atoms with Crippen LogP contribution in [0.25, 0.3) is 0 Å². The van der Waals surface area contributed by atoms with Gasteiger partial charge in [-0.1, -0.05) is 18.2 Å². The van der Waals surface area contributed by atoms with Crippen molar-refractivity contribution >= 4 is 44.4 Å². The Balaban J connectivity index is 1.54. The van der Waals surface area contributed by atoms with Crippen LogP contribution in [0.15, 0.2) is 48.5 Å². The van der Waals surface area contributed by atoms with Gasteiger partial charge in [0, 0.05) is 38.1 Å². The van der Waals surface area contributed by atoms with E-state index in [2.05, 4.69) is 39.8 Å². The summed E-state index contributed by atoms with van der Waals surface area (Å²) >= 11 is 5.37. The van der Waals surface area contributed by atoms with Crippen LogP contribution in [0.2, 0.25) is 0 Å². The lowest BCUT2D eigenvalue weighted by atomic mass is 10.2. The molecule has 0 radical (unpaired) electrons. The van der Waals surface area contributed by atoms with E-state index < -0.39 is 10.0 Å². The SMILES string of the molecule is CN(c1cccc(NC(=S)NCc2ccc(N3CCCC3)cc2)c1)S(C)(=O)=O. The van der Waals surface area contributed by atoms with Crippen molar-refractivity contribution in [1.82, 2.24) is 5.32 Å². The van der Waals surface area contributed by atoms with E-state index in [1.54, 1.807) is 18.2 Å². The molecule has 1 aliphatic rings. The summed E-state index contributed by atoms with van der Waals surface area (Å²) in [4.78, 5) is 2.41. The van der Waals surface area contributed by atoms with Crippen molar-refractivity contribution < 1.29 is 8.42 Å². The molecule has 0 unspecified atom stereocenters. The van der Waals surface area contributed by atoms with Crippen molar-refractivity contribution in [2.75, 3.05) is 40.9 Å². The third-order valence-electron chi connectivity index (χ3n) is 4.83. The molecular weight excluding hydrogens is 392 g/mol. The largest absolute Gasteiger partial charge is 0.372 e. The van der Waals surface area contributed by atoms with Gasteiger partial charge in [0.15, 0.2) is 5.11 Å². The summed E-state index contributed by atoms with van der Waals surface area (Å²) in [6.07, 6.45) is 3.71. The van der Waals surface area contributed by atoms with Crippen LogP contribution < -0.4 is 19.8 Å². The lowest BCUT2D eigenvalue weighted by Gasteiger charge is -2.18. The van der Waals surface area contributed by atoms with E-state index in [1.807, 2.05) is 6.07 Å². The first kappa shape index (κ1) is 20.4. The molecule has 2 aromatic carbocycles. The molecule has 1 fully saturated rings. The molecule has 6 nitrogen and oxygen atoms in total. The quantitative estimate of drug-likeness (QED) is 0.703. The predicted molar refractivity (Wildman–Crippen MR) is 121 cm³/mol. The van der Waals surface area contributed by atoms with Gasteiger partial charge in [-0.3, -0.25) is 4.31 Å². The Hall–Kier alpha value is -2.32. The highest BCUT2D eigenvalue weighted by Gasteiger charge is 2.13. The van der Waals surface area contributed by atoms with E-state index >= 15 is 0 Å². The van der Waals surface area contributed by atoms with Crippen LogP contribution in [-0.2, 0) is 16.6 Å². The number of hydrogen-bond acceptors (Lipinski definition) is 4. The van der Waals surface area contributed by atoms with E-state index in [4.69, 9.17) is 12.2 Å². The van der Waals surface area contributed by atoms with Crippen molar-refractivity contribution in [2.24, 2.45) is 0 Å². The Morgan fingerprint density at radius 2 is 1.82 bits per heavy atom. The van der Waals surface area contributed by atoms with Crippen molar-refractivity contribution in [3.8, 4) is 0 Å². The average molecular weight is 419 g/mol. The Morgan fingerprint density at radius 3 is 2.46 bits per heavy atom. The fourth-order valence-corrected chi connectivity index (χ4v) is 3.82. The highest BCUT2D eigenvalue weighted by atomic mass is 32.2. The van der Waals surface area contributed by atoms with Crippen LogP contribution in [0, 0.1) is 0 Å². The lowest BCUT2D eigenvalue weighted by Crippen LogP contribution is -2.28. The molecule has 2 aromatic rings. The van der Waals surface area contributed by atoms with Gasteiger partial charge in [0.05, 0.1) is 11.9 Å². The Kier molecular flexibility index (Phi) is 6.41. The third kappa shape index (κ3) is 5.36. The van der Waals surface area contributed by atoms with Crippen LogP contribution >= 0.6 is 12.2 Å². The molecule has 0 aliphatic carbocycles. The molecule has 150 valence electrons. The lowest BCUT2D eigenvalue weighted by molar-refractivity contribution is 0.600. The summed E-state index contributed by atoms with van der Waals surface area (Å²) in [7, 11) is -1.78. The fraction of sp³-hybridized carbons (Fsp3) is 0.350. The maximum Gasteiger partial charge on any atom is 0.231 e. The van der Waals surface area contributed by atoms with Crippen LogP contribution in [0.1, 0.15) is 18.4 Å². The zero-order chi connectivity index (χ0) is 20.1. The molecule has 1 saturated heterocycles.